The topological polar surface area (TPSA) is 23.6 Å². The van der Waals surface area contributed by atoms with E-state index in [9.17, 15) is 4.79 Å². The molecule has 1 heterocycles. The first-order valence-corrected chi connectivity index (χ1v) is 13.3. The molecule has 0 aliphatic carbocycles. The number of allylic oxidation sites excluding steroid dienone is 1. The molecule has 1 fully saturated rings. The van der Waals surface area contributed by atoms with Crippen LogP contribution in [0.15, 0.2) is 11.6 Å². The minimum atomic E-state index is 0.239. The summed E-state index contributed by atoms with van der Waals surface area (Å²) in [7, 11) is 4.21. The van der Waals surface area contributed by atoms with Gasteiger partial charge in [0.05, 0.1) is 0 Å². The molecule has 0 N–H and O–H groups in total. The average Bonchev–Trinajstić information content (AvgIpc) is 2.67. The predicted octanol–water partition coefficient (Wildman–Crippen LogP) is 7.31. The lowest BCUT2D eigenvalue weighted by molar-refractivity contribution is -0.129. The number of amides is 1. The normalized spacial score (nSPS) is 19.8. The summed E-state index contributed by atoms with van der Waals surface area (Å²) >= 11 is 0. The summed E-state index contributed by atoms with van der Waals surface area (Å²) in [5, 5.41) is 0. The van der Waals surface area contributed by atoms with Crippen LogP contribution in [-0.4, -0.2) is 48.9 Å². The molecule has 31 heavy (non-hydrogen) atoms. The fraction of sp³-hybridized carbons (Fsp3) is 0.893. The summed E-state index contributed by atoms with van der Waals surface area (Å²) in [6.45, 7) is 13.5. The summed E-state index contributed by atoms with van der Waals surface area (Å²) in [5.41, 5.74) is 1.25. The largest absolute Gasteiger partial charge is 0.335 e. The lowest BCUT2D eigenvalue weighted by atomic mass is 9.91. The van der Waals surface area contributed by atoms with Crippen LogP contribution in [0.4, 0.5) is 0 Å². The van der Waals surface area contributed by atoms with Crippen molar-refractivity contribution in [2.75, 3.05) is 27.2 Å². The van der Waals surface area contributed by atoms with E-state index in [0.29, 0.717) is 6.04 Å². The van der Waals surface area contributed by atoms with Crippen LogP contribution in [-0.2, 0) is 4.79 Å². The van der Waals surface area contributed by atoms with Crippen molar-refractivity contribution in [2.24, 2.45) is 17.8 Å². The number of nitrogens with zero attached hydrogens (tertiary/aromatic N) is 2. The molecule has 0 aromatic rings. The average molecular weight is 435 g/mol. The van der Waals surface area contributed by atoms with Gasteiger partial charge in [-0.15, -0.1) is 0 Å². The Labute approximate surface area is 195 Å². The van der Waals surface area contributed by atoms with Gasteiger partial charge in [-0.1, -0.05) is 78.2 Å². The third kappa shape index (κ3) is 13.3. The van der Waals surface area contributed by atoms with Crippen molar-refractivity contribution in [1.82, 2.24) is 9.80 Å². The molecule has 0 saturated carbocycles. The smallest absolute Gasteiger partial charge is 0.246 e. The van der Waals surface area contributed by atoms with E-state index in [4.69, 9.17) is 0 Å². The Morgan fingerprint density at radius 3 is 2.10 bits per heavy atom. The second-order valence-electron chi connectivity index (χ2n) is 11.3. The fourth-order valence-electron chi connectivity index (χ4n) is 4.98. The van der Waals surface area contributed by atoms with Crippen LogP contribution in [0.3, 0.4) is 0 Å². The number of hydrogen-bond donors (Lipinski definition) is 0. The van der Waals surface area contributed by atoms with Gasteiger partial charge in [0.1, 0.15) is 0 Å². The highest BCUT2D eigenvalue weighted by molar-refractivity contribution is 5.88. The van der Waals surface area contributed by atoms with Gasteiger partial charge in [0, 0.05) is 25.2 Å². The van der Waals surface area contributed by atoms with Crippen molar-refractivity contribution in [3.05, 3.63) is 11.6 Å². The van der Waals surface area contributed by atoms with E-state index in [2.05, 4.69) is 58.5 Å². The molecule has 1 amide bonds. The Kier molecular flexibility index (Phi) is 14.5. The zero-order valence-electron chi connectivity index (χ0n) is 22.1. The molecule has 0 aromatic carbocycles. The Bertz CT molecular complexity index is 511. The SMILES string of the molecule is CC(=CC(=O)N1CCCCC1CN(C)C)CCCC(C)CCCC(C)CCCC(C)C. The van der Waals surface area contributed by atoms with Crippen LogP contribution in [0.1, 0.15) is 112 Å². The van der Waals surface area contributed by atoms with Gasteiger partial charge >= 0.3 is 0 Å². The molecule has 1 aliphatic rings. The maximum Gasteiger partial charge on any atom is 0.246 e. The van der Waals surface area contributed by atoms with E-state index >= 15 is 0 Å². The number of likely N-dealkylation sites (N-methyl/N-ethyl adjacent to an activating group) is 1. The molecule has 0 spiro atoms. The van der Waals surface area contributed by atoms with Gasteiger partial charge in [0.25, 0.3) is 0 Å². The van der Waals surface area contributed by atoms with Crippen LogP contribution >= 0.6 is 0 Å². The van der Waals surface area contributed by atoms with Crippen LogP contribution in [0, 0.1) is 17.8 Å². The quantitative estimate of drug-likeness (QED) is 0.252. The van der Waals surface area contributed by atoms with Crippen molar-refractivity contribution in [2.45, 2.75) is 118 Å². The Hall–Kier alpha value is -0.830. The second-order valence-corrected chi connectivity index (χ2v) is 11.3. The first-order valence-electron chi connectivity index (χ1n) is 13.3. The minimum Gasteiger partial charge on any atom is -0.335 e. The van der Waals surface area contributed by atoms with Gasteiger partial charge < -0.3 is 9.80 Å². The van der Waals surface area contributed by atoms with Gasteiger partial charge in [-0.05, 0) is 70.9 Å². The van der Waals surface area contributed by atoms with E-state index in [-0.39, 0.29) is 5.91 Å². The van der Waals surface area contributed by atoms with E-state index in [1.165, 1.54) is 63.4 Å². The fourth-order valence-corrected chi connectivity index (χ4v) is 4.98. The number of likely N-dealkylation sites (tertiary alicyclic amines) is 1. The molecule has 3 atom stereocenters. The highest BCUT2D eigenvalue weighted by atomic mass is 16.2. The number of piperidine rings is 1. The molecule has 1 rings (SSSR count). The maximum absolute atomic E-state index is 12.8. The number of carbonyl (C=O) groups excluding carboxylic acids is 1. The van der Waals surface area contributed by atoms with E-state index in [1.54, 1.807) is 0 Å². The van der Waals surface area contributed by atoms with Crippen LogP contribution < -0.4 is 0 Å². The van der Waals surface area contributed by atoms with Crippen molar-refractivity contribution in [1.29, 1.82) is 0 Å². The third-order valence-corrected chi connectivity index (χ3v) is 7.00. The van der Waals surface area contributed by atoms with Gasteiger partial charge in [0.2, 0.25) is 5.91 Å². The Morgan fingerprint density at radius 1 is 0.935 bits per heavy atom. The third-order valence-electron chi connectivity index (χ3n) is 7.00. The van der Waals surface area contributed by atoms with E-state index in [1.807, 2.05) is 6.08 Å². The highest BCUT2D eigenvalue weighted by Gasteiger charge is 2.25. The van der Waals surface area contributed by atoms with Gasteiger partial charge in [-0.3, -0.25) is 4.79 Å². The summed E-state index contributed by atoms with van der Waals surface area (Å²) < 4.78 is 0. The predicted molar refractivity (Wildman–Crippen MR) is 136 cm³/mol. The van der Waals surface area contributed by atoms with Gasteiger partial charge in [-0.2, -0.15) is 0 Å². The zero-order chi connectivity index (χ0) is 23.2. The summed E-state index contributed by atoms with van der Waals surface area (Å²) in [5.74, 6) is 2.77. The number of rotatable bonds is 15. The molecule has 0 bridgehead atoms. The maximum atomic E-state index is 12.8. The van der Waals surface area contributed by atoms with Crippen molar-refractivity contribution in [3.63, 3.8) is 0 Å². The van der Waals surface area contributed by atoms with E-state index in [0.717, 1.165) is 50.1 Å². The monoisotopic (exact) mass is 434 g/mol. The number of hydrogen-bond acceptors (Lipinski definition) is 2. The minimum absolute atomic E-state index is 0.239. The van der Waals surface area contributed by atoms with Crippen LogP contribution in [0.2, 0.25) is 0 Å². The molecule has 3 unspecified atom stereocenters. The van der Waals surface area contributed by atoms with Gasteiger partial charge in [0.15, 0.2) is 0 Å². The summed E-state index contributed by atoms with van der Waals surface area (Å²) in [4.78, 5) is 17.2. The first-order chi connectivity index (χ1) is 14.7. The van der Waals surface area contributed by atoms with Gasteiger partial charge in [-0.25, -0.2) is 0 Å². The molecule has 182 valence electrons. The number of carbonyl (C=O) groups is 1. The Balaban J connectivity index is 2.25. The molecule has 3 nitrogen and oxygen atoms in total. The lowest BCUT2D eigenvalue weighted by Crippen LogP contribution is -2.47. The molecule has 1 aliphatic heterocycles. The highest BCUT2D eigenvalue weighted by Crippen LogP contribution is 2.23. The zero-order valence-corrected chi connectivity index (χ0v) is 22.1. The van der Waals surface area contributed by atoms with E-state index < -0.39 is 0 Å². The van der Waals surface area contributed by atoms with Crippen molar-refractivity contribution < 1.29 is 4.79 Å². The standard InChI is InChI=1S/C28H54N2O/c1-23(2)13-10-14-24(3)15-11-16-25(4)17-12-18-26(5)21-28(31)30-20-9-8-19-27(30)22-29(6)7/h21,23-25,27H,8-20,22H2,1-7H3. The van der Waals surface area contributed by atoms with Crippen LogP contribution in [0.5, 0.6) is 0 Å². The van der Waals surface area contributed by atoms with Crippen LogP contribution in [0.25, 0.3) is 0 Å². The van der Waals surface area contributed by atoms with Crippen molar-refractivity contribution >= 4 is 5.91 Å². The Morgan fingerprint density at radius 2 is 1.52 bits per heavy atom. The first kappa shape index (κ1) is 28.2. The molecular weight excluding hydrogens is 380 g/mol. The molecule has 1 saturated heterocycles. The summed E-state index contributed by atoms with van der Waals surface area (Å²) in [6.07, 6.45) is 17.3. The molecule has 0 aromatic heterocycles. The molecule has 0 radical (unpaired) electrons. The summed E-state index contributed by atoms with van der Waals surface area (Å²) in [6, 6.07) is 0.382. The molecular formula is C28H54N2O. The van der Waals surface area contributed by atoms with Crippen molar-refractivity contribution in [3.8, 4) is 0 Å². The second kappa shape index (κ2) is 15.9. The molecule has 3 heteroatoms. The lowest BCUT2D eigenvalue weighted by Gasteiger charge is -2.36.